The fraction of sp³-hybridized carbons (Fsp3) is 0.571. The Hall–Kier alpha value is -1.22. The van der Waals surface area contributed by atoms with Crippen LogP contribution in [-0.2, 0) is 6.42 Å². The predicted octanol–water partition coefficient (Wildman–Crippen LogP) is 2.47. The van der Waals surface area contributed by atoms with Gasteiger partial charge in [-0.15, -0.1) is 0 Å². The van der Waals surface area contributed by atoms with Gasteiger partial charge in [0.25, 0.3) is 0 Å². The number of rotatable bonds is 4. The number of ether oxygens (including phenoxy) is 2. The normalized spacial score (nSPS) is 14.1. The minimum atomic E-state index is 0.499. The summed E-state index contributed by atoms with van der Waals surface area (Å²) in [6, 6.07) is 4.25. The molecule has 0 aliphatic carbocycles. The maximum atomic E-state index is 5.62. The number of hydrogen-bond donors (Lipinski definition) is 1. The van der Waals surface area contributed by atoms with Gasteiger partial charge >= 0.3 is 0 Å². The lowest BCUT2D eigenvalue weighted by Gasteiger charge is -2.22. The smallest absolute Gasteiger partial charge is 0.161 e. The van der Waals surface area contributed by atoms with E-state index in [9.17, 15) is 0 Å². The molecule has 1 aliphatic rings. The molecule has 3 nitrogen and oxygen atoms in total. The van der Waals surface area contributed by atoms with Crippen molar-refractivity contribution in [2.24, 2.45) is 5.73 Å². The summed E-state index contributed by atoms with van der Waals surface area (Å²) in [5.41, 5.74) is 8.28. The molecule has 0 amide bonds. The van der Waals surface area contributed by atoms with Gasteiger partial charge in [0, 0.05) is 0 Å². The summed E-state index contributed by atoms with van der Waals surface area (Å²) in [6.45, 7) is 6.43. The van der Waals surface area contributed by atoms with Crippen molar-refractivity contribution in [1.82, 2.24) is 0 Å². The van der Waals surface area contributed by atoms with E-state index >= 15 is 0 Å². The molecule has 1 aliphatic heterocycles. The van der Waals surface area contributed by atoms with Gasteiger partial charge in [0.15, 0.2) is 11.5 Å². The van der Waals surface area contributed by atoms with Gasteiger partial charge in [-0.2, -0.15) is 0 Å². The molecular weight excluding hydrogens is 214 g/mol. The molecule has 1 aromatic carbocycles. The van der Waals surface area contributed by atoms with Crippen molar-refractivity contribution in [3.05, 3.63) is 23.3 Å². The fourth-order valence-corrected chi connectivity index (χ4v) is 2.19. The average Bonchev–Trinajstić information content (AvgIpc) is 2.35. The van der Waals surface area contributed by atoms with Crippen LogP contribution in [-0.4, -0.2) is 19.8 Å². The van der Waals surface area contributed by atoms with Crippen LogP contribution < -0.4 is 15.2 Å². The average molecular weight is 235 g/mol. The molecular formula is C14H21NO2. The number of fused-ring (bicyclic) bond motifs is 1. The van der Waals surface area contributed by atoms with Gasteiger partial charge < -0.3 is 15.2 Å². The molecule has 0 aromatic heterocycles. The molecule has 0 atom stereocenters. The summed E-state index contributed by atoms with van der Waals surface area (Å²) < 4.78 is 11.2. The van der Waals surface area contributed by atoms with E-state index in [-0.39, 0.29) is 0 Å². The van der Waals surface area contributed by atoms with Crippen molar-refractivity contribution in [3.63, 3.8) is 0 Å². The van der Waals surface area contributed by atoms with Crippen LogP contribution in [0.3, 0.4) is 0 Å². The number of benzene rings is 1. The summed E-state index contributed by atoms with van der Waals surface area (Å²) in [6.07, 6.45) is 2.03. The molecule has 0 bridgehead atoms. The van der Waals surface area contributed by atoms with Crippen LogP contribution in [0.1, 0.15) is 37.3 Å². The first kappa shape index (κ1) is 12.2. The zero-order chi connectivity index (χ0) is 12.3. The zero-order valence-corrected chi connectivity index (χ0v) is 10.7. The standard InChI is InChI=1S/C14H21NO2/c1-10(2)12-9-14-13(16-6-7-17-14)8-11(12)4-3-5-15/h8-10H,3-7,15H2,1-2H3. The Morgan fingerprint density at radius 1 is 1.18 bits per heavy atom. The summed E-state index contributed by atoms with van der Waals surface area (Å²) >= 11 is 0. The SMILES string of the molecule is CC(C)c1cc2c(cc1CCCN)OCCO2. The van der Waals surface area contributed by atoms with Crippen LogP contribution in [0.25, 0.3) is 0 Å². The van der Waals surface area contributed by atoms with E-state index in [0.717, 1.165) is 30.9 Å². The van der Waals surface area contributed by atoms with Crippen molar-refractivity contribution in [1.29, 1.82) is 0 Å². The summed E-state index contributed by atoms with van der Waals surface area (Å²) in [7, 11) is 0. The van der Waals surface area contributed by atoms with E-state index < -0.39 is 0 Å². The first-order valence-electron chi connectivity index (χ1n) is 6.35. The molecule has 0 radical (unpaired) electrons. The van der Waals surface area contributed by atoms with Gasteiger partial charge in [-0.1, -0.05) is 13.8 Å². The minimum Gasteiger partial charge on any atom is -0.486 e. The Labute approximate surface area is 103 Å². The van der Waals surface area contributed by atoms with Crippen molar-refractivity contribution >= 4 is 0 Å². The molecule has 0 fully saturated rings. The Kier molecular flexibility index (Phi) is 3.89. The van der Waals surface area contributed by atoms with Crippen molar-refractivity contribution in [2.75, 3.05) is 19.8 Å². The summed E-state index contributed by atoms with van der Waals surface area (Å²) in [4.78, 5) is 0. The van der Waals surface area contributed by atoms with Crippen LogP contribution in [0.15, 0.2) is 12.1 Å². The number of hydrogen-bond acceptors (Lipinski definition) is 3. The highest BCUT2D eigenvalue weighted by Gasteiger charge is 2.16. The molecule has 3 heteroatoms. The summed E-state index contributed by atoms with van der Waals surface area (Å²) in [5.74, 6) is 2.27. The predicted molar refractivity (Wildman–Crippen MR) is 68.9 cm³/mol. The molecule has 1 heterocycles. The van der Waals surface area contributed by atoms with Gasteiger partial charge in [-0.25, -0.2) is 0 Å². The molecule has 0 saturated carbocycles. The Balaban J connectivity index is 2.33. The second kappa shape index (κ2) is 5.41. The van der Waals surface area contributed by atoms with Crippen LogP contribution in [0.2, 0.25) is 0 Å². The van der Waals surface area contributed by atoms with Crippen LogP contribution >= 0.6 is 0 Å². The highest BCUT2D eigenvalue weighted by Crippen LogP contribution is 2.36. The Morgan fingerprint density at radius 2 is 1.82 bits per heavy atom. The topological polar surface area (TPSA) is 44.5 Å². The third-order valence-electron chi connectivity index (χ3n) is 3.08. The third kappa shape index (κ3) is 2.72. The van der Waals surface area contributed by atoms with Gasteiger partial charge in [-0.05, 0) is 48.6 Å². The first-order chi connectivity index (χ1) is 8.22. The quantitative estimate of drug-likeness (QED) is 0.872. The lowest BCUT2D eigenvalue weighted by molar-refractivity contribution is 0.171. The van der Waals surface area contributed by atoms with Crippen molar-refractivity contribution in [3.8, 4) is 11.5 Å². The highest BCUT2D eigenvalue weighted by molar-refractivity contribution is 5.49. The van der Waals surface area contributed by atoms with Crippen LogP contribution in [0.4, 0.5) is 0 Å². The first-order valence-corrected chi connectivity index (χ1v) is 6.35. The largest absolute Gasteiger partial charge is 0.486 e. The van der Waals surface area contributed by atoms with Crippen LogP contribution in [0.5, 0.6) is 11.5 Å². The molecule has 1 aromatic rings. The van der Waals surface area contributed by atoms with E-state index in [1.807, 2.05) is 0 Å². The Morgan fingerprint density at radius 3 is 2.41 bits per heavy atom. The number of aryl methyl sites for hydroxylation is 1. The van der Waals surface area contributed by atoms with Gasteiger partial charge in [0.2, 0.25) is 0 Å². The molecule has 0 spiro atoms. The van der Waals surface area contributed by atoms with Crippen LogP contribution in [0, 0.1) is 0 Å². The third-order valence-corrected chi connectivity index (χ3v) is 3.08. The lowest BCUT2D eigenvalue weighted by atomic mass is 9.93. The molecule has 0 saturated heterocycles. The highest BCUT2D eigenvalue weighted by atomic mass is 16.6. The van der Waals surface area contributed by atoms with Crippen molar-refractivity contribution in [2.45, 2.75) is 32.6 Å². The van der Waals surface area contributed by atoms with E-state index in [1.54, 1.807) is 0 Å². The van der Waals surface area contributed by atoms with E-state index in [0.29, 0.717) is 19.1 Å². The number of nitrogens with two attached hydrogens (primary N) is 1. The van der Waals surface area contributed by atoms with Gasteiger partial charge in [0.05, 0.1) is 0 Å². The molecule has 17 heavy (non-hydrogen) atoms. The molecule has 0 unspecified atom stereocenters. The van der Waals surface area contributed by atoms with E-state index in [2.05, 4.69) is 26.0 Å². The molecule has 94 valence electrons. The maximum absolute atomic E-state index is 5.62. The maximum Gasteiger partial charge on any atom is 0.161 e. The second-order valence-electron chi connectivity index (χ2n) is 4.74. The second-order valence-corrected chi connectivity index (χ2v) is 4.74. The lowest BCUT2D eigenvalue weighted by Crippen LogP contribution is -2.16. The zero-order valence-electron chi connectivity index (χ0n) is 10.7. The van der Waals surface area contributed by atoms with E-state index in [1.165, 1.54) is 11.1 Å². The summed E-state index contributed by atoms with van der Waals surface area (Å²) in [5, 5.41) is 0. The monoisotopic (exact) mass is 235 g/mol. The fourth-order valence-electron chi connectivity index (χ4n) is 2.19. The van der Waals surface area contributed by atoms with Crippen molar-refractivity contribution < 1.29 is 9.47 Å². The Bertz CT molecular complexity index is 388. The van der Waals surface area contributed by atoms with Gasteiger partial charge in [-0.3, -0.25) is 0 Å². The van der Waals surface area contributed by atoms with E-state index in [4.69, 9.17) is 15.2 Å². The molecule has 2 rings (SSSR count). The minimum absolute atomic E-state index is 0.499. The molecule has 2 N–H and O–H groups in total. The van der Waals surface area contributed by atoms with Gasteiger partial charge in [0.1, 0.15) is 13.2 Å².